The Morgan fingerprint density at radius 2 is 1.93 bits per heavy atom. The molecule has 4 aromatic rings. The number of hydrogen-bond acceptors (Lipinski definition) is 8. The number of benzene rings is 1. The molecule has 154 valence electrons. The van der Waals surface area contributed by atoms with Crippen LogP contribution in [0.15, 0.2) is 47.8 Å². The number of nitrogens with one attached hydrogen (secondary N) is 1. The first-order valence-corrected chi connectivity index (χ1v) is 10.4. The van der Waals surface area contributed by atoms with Gasteiger partial charge in [0.2, 0.25) is 5.88 Å². The molecule has 0 bridgehead atoms. The summed E-state index contributed by atoms with van der Waals surface area (Å²) in [6.45, 7) is 3.57. The van der Waals surface area contributed by atoms with Gasteiger partial charge in [-0.25, -0.2) is 27.9 Å². The molecule has 0 atom stereocenters. The van der Waals surface area contributed by atoms with Gasteiger partial charge in [-0.15, -0.1) is 0 Å². The molecular formula is C19H19N7O3S. The Kier molecular flexibility index (Phi) is 4.74. The van der Waals surface area contributed by atoms with Crippen molar-refractivity contribution in [2.45, 2.75) is 18.7 Å². The highest BCUT2D eigenvalue weighted by Gasteiger charge is 2.19. The van der Waals surface area contributed by atoms with Crippen LogP contribution in [0.5, 0.6) is 5.88 Å². The third-order valence-corrected chi connectivity index (χ3v) is 6.00. The van der Waals surface area contributed by atoms with Crippen LogP contribution in [-0.4, -0.2) is 40.1 Å². The number of aromatic nitrogens is 5. The van der Waals surface area contributed by atoms with Gasteiger partial charge in [-0.05, 0) is 37.6 Å². The minimum atomic E-state index is -3.87. The lowest BCUT2D eigenvalue weighted by Gasteiger charge is -2.13. The third kappa shape index (κ3) is 3.39. The zero-order valence-electron chi connectivity index (χ0n) is 16.5. The van der Waals surface area contributed by atoms with Crippen LogP contribution in [0.2, 0.25) is 0 Å². The van der Waals surface area contributed by atoms with Gasteiger partial charge in [-0.3, -0.25) is 4.72 Å². The van der Waals surface area contributed by atoms with Crippen LogP contribution < -0.4 is 15.2 Å². The van der Waals surface area contributed by atoms with Crippen molar-refractivity contribution in [2.24, 2.45) is 0 Å². The Morgan fingerprint density at radius 3 is 2.67 bits per heavy atom. The van der Waals surface area contributed by atoms with Crippen LogP contribution in [0.3, 0.4) is 0 Å². The molecule has 0 radical (unpaired) electrons. The standard InChI is InChI=1S/C19H19N7O3S/c1-11-4-5-13(30(27,28)25-15-6-7-17(29-3)24-12(15)2)8-14(11)16-9-21-19-18(20)22-10-23-26(16)19/h4-10,25H,1-3H3,(H2,20,22,23). The summed E-state index contributed by atoms with van der Waals surface area (Å²) in [7, 11) is -2.37. The quantitative estimate of drug-likeness (QED) is 0.496. The largest absolute Gasteiger partial charge is 0.481 e. The van der Waals surface area contributed by atoms with Crippen molar-refractivity contribution in [1.82, 2.24) is 24.6 Å². The normalized spacial score (nSPS) is 11.6. The molecule has 0 unspecified atom stereocenters. The SMILES string of the molecule is COc1ccc(NS(=O)(=O)c2ccc(C)c(-c3cnc4c(N)ncnn34)c2)c(C)n1. The number of aryl methyl sites for hydroxylation is 2. The number of sulfonamides is 1. The van der Waals surface area contributed by atoms with Crippen LogP contribution in [0.25, 0.3) is 16.9 Å². The molecule has 4 rings (SSSR count). The number of pyridine rings is 1. The van der Waals surface area contributed by atoms with Crippen molar-refractivity contribution in [2.75, 3.05) is 17.6 Å². The third-order valence-electron chi connectivity index (χ3n) is 4.64. The van der Waals surface area contributed by atoms with E-state index in [4.69, 9.17) is 10.5 Å². The molecule has 0 aliphatic heterocycles. The van der Waals surface area contributed by atoms with Crippen molar-refractivity contribution in [3.8, 4) is 17.1 Å². The molecule has 30 heavy (non-hydrogen) atoms. The van der Waals surface area contributed by atoms with Crippen molar-refractivity contribution >= 4 is 27.2 Å². The van der Waals surface area contributed by atoms with E-state index in [0.29, 0.717) is 34.2 Å². The maximum absolute atomic E-state index is 13.0. The maximum atomic E-state index is 13.0. The fraction of sp³-hybridized carbons (Fsp3) is 0.158. The summed E-state index contributed by atoms with van der Waals surface area (Å²) < 4.78 is 35.2. The lowest BCUT2D eigenvalue weighted by atomic mass is 10.1. The fourth-order valence-electron chi connectivity index (χ4n) is 3.03. The van der Waals surface area contributed by atoms with E-state index in [0.717, 1.165) is 5.56 Å². The Morgan fingerprint density at radius 1 is 1.13 bits per heavy atom. The van der Waals surface area contributed by atoms with Gasteiger partial charge in [0.15, 0.2) is 11.5 Å². The summed E-state index contributed by atoms with van der Waals surface area (Å²) in [5.74, 6) is 0.642. The van der Waals surface area contributed by atoms with E-state index in [1.54, 1.807) is 43.5 Å². The van der Waals surface area contributed by atoms with Gasteiger partial charge in [-0.1, -0.05) is 6.07 Å². The average molecular weight is 425 g/mol. The number of hydrogen-bond donors (Lipinski definition) is 2. The van der Waals surface area contributed by atoms with Crippen LogP contribution in [0, 0.1) is 13.8 Å². The number of fused-ring (bicyclic) bond motifs is 1. The number of nitrogens with zero attached hydrogens (tertiary/aromatic N) is 5. The molecule has 0 fully saturated rings. The van der Waals surface area contributed by atoms with E-state index in [-0.39, 0.29) is 10.7 Å². The number of anilines is 2. The van der Waals surface area contributed by atoms with Gasteiger partial charge >= 0.3 is 0 Å². The van der Waals surface area contributed by atoms with Gasteiger partial charge in [0.25, 0.3) is 10.0 Å². The Hall–Kier alpha value is -3.73. The van der Waals surface area contributed by atoms with E-state index in [1.807, 2.05) is 6.92 Å². The number of nitrogen functional groups attached to an aromatic ring is 1. The van der Waals surface area contributed by atoms with E-state index in [9.17, 15) is 8.42 Å². The van der Waals surface area contributed by atoms with E-state index >= 15 is 0 Å². The van der Waals surface area contributed by atoms with Crippen LogP contribution in [0.4, 0.5) is 11.5 Å². The molecule has 0 saturated carbocycles. The first-order valence-electron chi connectivity index (χ1n) is 8.90. The lowest BCUT2D eigenvalue weighted by Crippen LogP contribution is -2.14. The molecule has 3 N–H and O–H groups in total. The number of rotatable bonds is 5. The number of imidazole rings is 1. The summed E-state index contributed by atoms with van der Waals surface area (Å²) in [4.78, 5) is 12.5. The van der Waals surface area contributed by atoms with Crippen LogP contribution in [-0.2, 0) is 10.0 Å². The zero-order chi connectivity index (χ0) is 21.5. The molecule has 11 heteroatoms. The minimum absolute atomic E-state index is 0.0929. The smallest absolute Gasteiger partial charge is 0.261 e. The lowest BCUT2D eigenvalue weighted by molar-refractivity contribution is 0.397. The van der Waals surface area contributed by atoms with E-state index in [1.165, 1.54) is 18.0 Å². The fourth-order valence-corrected chi connectivity index (χ4v) is 4.17. The van der Waals surface area contributed by atoms with E-state index < -0.39 is 10.0 Å². The summed E-state index contributed by atoms with van der Waals surface area (Å²) in [6, 6.07) is 8.05. The molecule has 3 heterocycles. The van der Waals surface area contributed by atoms with Gasteiger partial charge in [0, 0.05) is 11.6 Å². The Bertz CT molecular complexity index is 1370. The predicted molar refractivity (Wildman–Crippen MR) is 112 cm³/mol. The molecule has 0 saturated heterocycles. The van der Waals surface area contributed by atoms with Gasteiger partial charge < -0.3 is 10.5 Å². The second kappa shape index (κ2) is 7.26. The number of ether oxygens (including phenoxy) is 1. The molecule has 0 aliphatic rings. The number of nitrogens with two attached hydrogens (primary N) is 1. The van der Waals surface area contributed by atoms with Gasteiger partial charge in [0.05, 0.1) is 35.3 Å². The van der Waals surface area contributed by atoms with Crippen molar-refractivity contribution in [1.29, 1.82) is 0 Å². The number of methoxy groups -OCH3 is 1. The molecule has 0 amide bonds. The molecular weight excluding hydrogens is 406 g/mol. The molecule has 10 nitrogen and oxygen atoms in total. The Labute approximate surface area is 172 Å². The van der Waals surface area contributed by atoms with Crippen LogP contribution >= 0.6 is 0 Å². The predicted octanol–water partition coefficient (Wildman–Crippen LogP) is 2.19. The second-order valence-electron chi connectivity index (χ2n) is 6.59. The monoisotopic (exact) mass is 425 g/mol. The second-order valence-corrected chi connectivity index (χ2v) is 8.28. The summed E-state index contributed by atoms with van der Waals surface area (Å²) >= 11 is 0. The average Bonchev–Trinajstić information content (AvgIpc) is 3.15. The summed E-state index contributed by atoms with van der Waals surface area (Å²) in [5, 5.41) is 4.18. The molecule has 0 aliphatic carbocycles. The van der Waals surface area contributed by atoms with Gasteiger partial charge in [-0.2, -0.15) is 5.10 Å². The summed E-state index contributed by atoms with van der Waals surface area (Å²) in [5.41, 5.74) is 9.24. The van der Waals surface area contributed by atoms with Crippen molar-refractivity contribution in [3.05, 3.63) is 54.1 Å². The zero-order valence-corrected chi connectivity index (χ0v) is 17.3. The van der Waals surface area contributed by atoms with Gasteiger partial charge in [0.1, 0.15) is 6.33 Å². The summed E-state index contributed by atoms with van der Waals surface area (Å²) in [6.07, 6.45) is 2.91. The highest BCUT2D eigenvalue weighted by Crippen LogP contribution is 2.29. The molecule has 0 spiro atoms. The van der Waals surface area contributed by atoms with Crippen molar-refractivity contribution in [3.63, 3.8) is 0 Å². The first-order chi connectivity index (χ1) is 14.3. The molecule has 3 aromatic heterocycles. The van der Waals surface area contributed by atoms with E-state index in [2.05, 4.69) is 24.8 Å². The highest BCUT2D eigenvalue weighted by molar-refractivity contribution is 7.92. The Balaban J connectivity index is 1.76. The minimum Gasteiger partial charge on any atom is -0.481 e. The maximum Gasteiger partial charge on any atom is 0.261 e. The molecule has 1 aromatic carbocycles. The first kappa shape index (κ1) is 19.6. The van der Waals surface area contributed by atoms with Crippen molar-refractivity contribution < 1.29 is 13.2 Å². The van der Waals surface area contributed by atoms with Crippen LogP contribution in [0.1, 0.15) is 11.3 Å². The highest BCUT2D eigenvalue weighted by atomic mass is 32.2. The topological polar surface area (TPSA) is 137 Å².